The highest BCUT2D eigenvalue weighted by Gasteiger charge is 2.54. The first-order valence-corrected chi connectivity index (χ1v) is 13.7. The van der Waals surface area contributed by atoms with E-state index in [1.165, 1.54) is 30.5 Å². The monoisotopic (exact) mass is 567 g/mol. The van der Waals surface area contributed by atoms with Crippen LogP contribution in [0.5, 0.6) is 5.75 Å². The predicted octanol–water partition coefficient (Wildman–Crippen LogP) is 2.30. The third-order valence-corrected chi connectivity index (χ3v) is 7.68. The molecule has 0 saturated carbocycles. The third kappa shape index (κ3) is 6.06. The van der Waals surface area contributed by atoms with Gasteiger partial charge in [-0.05, 0) is 39.8 Å². The average Bonchev–Trinajstić information content (AvgIpc) is 3.31. The van der Waals surface area contributed by atoms with Crippen LogP contribution in [-0.4, -0.2) is 67.3 Å². The number of para-hydroxylation sites is 1. The van der Waals surface area contributed by atoms with E-state index in [-0.39, 0.29) is 22.6 Å². The van der Waals surface area contributed by atoms with Crippen LogP contribution < -0.4 is 15.3 Å². The molecule has 39 heavy (non-hydrogen) atoms. The molecule has 2 aromatic heterocycles. The van der Waals surface area contributed by atoms with Gasteiger partial charge in [-0.1, -0.05) is 18.2 Å². The molecular formula is C24H31FN5O8P. The van der Waals surface area contributed by atoms with Crippen molar-refractivity contribution in [2.75, 3.05) is 12.3 Å². The summed E-state index contributed by atoms with van der Waals surface area (Å²) >= 11 is 0. The van der Waals surface area contributed by atoms with Crippen LogP contribution in [0.2, 0.25) is 0 Å². The first-order valence-electron chi connectivity index (χ1n) is 12.1. The molecule has 1 aliphatic rings. The van der Waals surface area contributed by atoms with Crippen molar-refractivity contribution in [2.45, 2.75) is 63.9 Å². The molecule has 4 rings (SSSR count). The van der Waals surface area contributed by atoms with Crippen LogP contribution in [0.15, 0.2) is 42.9 Å². The van der Waals surface area contributed by atoms with Crippen LogP contribution in [0.3, 0.4) is 0 Å². The van der Waals surface area contributed by atoms with Gasteiger partial charge < -0.3 is 29.9 Å². The Labute approximate surface area is 223 Å². The van der Waals surface area contributed by atoms with Crippen molar-refractivity contribution in [3.8, 4) is 5.75 Å². The van der Waals surface area contributed by atoms with Gasteiger partial charge in [-0.25, -0.2) is 18.9 Å². The maximum Gasteiger partial charge on any atom is 0.459 e. The third-order valence-electron chi connectivity index (χ3n) is 6.03. The number of nitrogens with one attached hydrogen (secondary N) is 1. The van der Waals surface area contributed by atoms with Crippen LogP contribution >= 0.6 is 7.75 Å². The zero-order valence-corrected chi connectivity index (χ0v) is 22.6. The number of ether oxygens (including phenoxy) is 2. The predicted molar refractivity (Wildman–Crippen MR) is 137 cm³/mol. The van der Waals surface area contributed by atoms with E-state index in [0.29, 0.717) is 0 Å². The van der Waals surface area contributed by atoms with Gasteiger partial charge in [0.05, 0.1) is 18.1 Å². The molecule has 3 heterocycles. The van der Waals surface area contributed by atoms with Crippen molar-refractivity contribution in [1.29, 1.82) is 0 Å². The number of aliphatic hydroxyl groups excluding tert-OH is 1. The molecule has 1 saturated heterocycles. The summed E-state index contributed by atoms with van der Waals surface area (Å²) in [5.74, 6) is -1.36. The number of carbonyl (C=O) groups is 1. The minimum Gasteiger partial charge on any atom is -0.462 e. The number of esters is 1. The van der Waals surface area contributed by atoms with E-state index in [1.54, 1.807) is 32.0 Å². The fraction of sp³-hybridized carbons (Fsp3) is 0.458. The molecule has 212 valence electrons. The summed E-state index contributed by atoms with van der Waals surface area (Å²) in [6, 6.07) is 7.01. The summed E-state index contributed by atoms with van der Waals surface area (Å²) in [7, 11) is -4.28. The number of hydrogen-bond acceptors (Lipinski definition) is 11. The van der Waals surface area contributed by atoms with Crippen molar-refractivity contribution in [3.63, 3.8) is 0 Å². The summed E-state index contributed by atoms with van der Waals surface area (Å²) in [5, 5.41) is 24.5. The first-order chi connectivity index (χ1) is 18.3. The van der Waals surface area contributed by atoms with Gasteiger partial charge in [0.1, 0.15) is 41.7 Å². The smallest absolute Gasteiger partial charge is 0.459 e. The molecule has 2 unspecified atom stereocenters. The number of nitrogen functional groups attached to an aromatic ring is 1. The summed E-state index contributed by atoms with van der Waals surface area (Å²) in [4.78, 5) is 20.2. The number of aliphatic hydroxyl groups is 2. The zero-order valence-electron chi connectivity index (χ0n) is 21.7. The SMILES string of the molecule is CC(C)OC(=O)[C@H](C)NP(=O)(OCC1O[C@@H](n2cc(F)c3c(N)ncnc32)[C@](C)(O)[C@H]1O)Oc1ccccc1. The molecule has 0 spiro atoms. The maximum atomic E-state index is 14.6. The molecule has 0 radical (unpaired) electrons. The second-order valence-corrected chi connectivity index (χ2v) is 11.3. The second kappa shape index (κ2) is 11.2. The Kier molecular flexibility index (Phi) is 8.26. The highest BCUT2D eigenvalue weighted by atomic mass is 31.2. The molecule has 1 aromatic carbocycles. The molecule has 1 fully saturated rings. The lowest BCUT2D eigenvalue weighted by atomic mass is 9.96. The molecule has 6 atom stereocenters. The molecule has 0 bridgehead atoms. The molecular weight excluding hydrogens is 536 g/mol. The number of nitrogens with two attached hydrogens (primary N) is 1. The number of benzene rings is 1. The minimum atomic E-state index is -4.28. The van der Waals surface area contributed by atoms with E-state index < -0.39 is 62.3 Å². The normalized spacial score (nSPS) is 25.5. The zero-order chi connectivity index (χ0) is 28.5. The van der Waals surface area contributed by atoms with E-state index in [4.69, 9.17) is 24.3 Å². The molecule has 13 nitrogen and oxygen atoms in total. The number of anilines is 1. The lowest BCUT2D eigenvalue weighted by Gasteiger charge is -2.27. The number of aromatic nitrogens is 3. The summed E-state index contributed by atoms with van der Waals surface area (Å²) in [6.07, 6.45) is -2.41. The van der Waals surface area contributed by atoms with Gasteiger partial charge in [-0.2, -0.15) is 5.09 Å². The van der Waals surface area contributed by atoms with E-state index >= 15 is 0 Å². The Morgan fingerprint density at radius 2 is 2.00 bits per heavy atom. The summed E-state index contributed by atoms with van der Waals surface area (Å²) < 4.78 is 51.8. The number of hydrogen-bond donors (Lipinski definition) is 4. The average molecular weight is 568 g/mol. The van der Waals surface area contributed by atoms with Gasteiger partial charge in [0.15, 0.2) is 17.7 Å². The molecule has 3 aromatic rings. The van der Waals surface area contributed by atoms with Crippen molar-refractivity contribution >= 4 is 30.6 Å². The molecule has 15 heteroatoms. The lowest BCUT2D eigenvalue weighted by molar-refractivity contribution is -0.149. The van der Waals surface area contributed by atoms with Crippen molar-refractivity contribution < 1.29 is 42.5 Å². The van der Waals surface area contributed by atoms with Gasteiger partial charge in [-0.3, -0.25) is 13.9 Å². The van der Waals surface area contributed by atoms with Crippen LogP contribution in [0.1, 0.15) is 33.9 Å². The first kappa shape index (κ1) is 28.9. The van der Waals surface area contributed by atoms with Crippen LogP contribution in [-0.2, 0) is 23.4 Å². The number of fused-ring (bicyclic) bond motifs is 1. The molecule has 0 amide bonds. The number of halogens is 1. The Morgan fingerprint density at radius 1 is 1.31 bits per heavy atom. The van der Waals surface area contributed by atoms with Crippen molar-refractivity contribution in [2.24, 2.45) is 0 Å². The van der Waals surface area contributed by atoms with Crippen LogP contribution in [0.4, 0.5) is 10.2 Å². The number of nitrogens with zero attached hydrogens (tertiary/aromatic N) is 3. The van der Waals surface area contributed by atoms with Crippen molar-refractivity contribution in [3.05, 3.63) is 48.7 Å². The fourth-order valence-corrected chi connectivity index (χ4v) is 5.63. The van der Waals surface area contributed by atoms with Gasteiger partial charge in [0, 0.05) is 6.20 Å². The Hall–Kier alpha value is -3.13. The van der Waals surface area contributed by atoms with Gasteiger partial charge >= 0.3 is 13.7 Å². The topological polar surface area (TPSA) is 180 Å². The maximum absolute atomic E-state index is 14.6. The highest BCUT2D eigenvalue weighted by molar-refractivity contribution is 7.52. The Balaban J connectivity index is 1.56. The summed E-state index contributed by atoms with van der Waals surface area (Å²) in [6.45, 7) is 5.51. The molecule has 0 aliphatic carbocycles. The van der Waals surface area contributed by atoms with E-state index in [2.05, 4.69) is 15.1 Å². The Bertz CT molecular complexity index is 1370. The largest absolute Gasteiger partial charge is 0.462 e. The van der Waals surface area contributed by atoms with Crippen molar-refractivity contribution in [1.82, 2.24) is 19.6 Å². The lowest BCUT2D eigenvalue weighted by Crippen LogP contribution is -2.44. The fourth-order valence-electron chi connectivity index (χ4n) is 4.12. The number of rotatable bonds is 10. The van der Waals surface area contributed by atoms with Crippen LogP contribution in [0.25, 0.3) is 11.0 Å². The molecule has 1 aliphatic heterocycles. The quantitative estimate of drug-likeness (QED) is 0.208. The van der Waals surface area contributed by atoms with Crippen LogP contribution in [0, 0.1) is 5.82 Å². The van der Waals surface area contributed by atoms with E-state index in [1.807, 2.05) is 0 Å². The van der Waals surface area contributed by atoms with Gasteiger partial charge in [-0.15, -0.1) is 0 Å². The minimum absolute atomic E-state index is 0.0382. The Morgan fingerprint density at radius 3 is 2.67 bits per heavy atom. The van der Waals surface area contributed by atoms with E-state index in [9.17, 15) is 24.0 Å². The summed E-state index contributed by atoms with van der Waals surface area (Å²) in [5.41, 5.74) is 3.85. The highest BCUT2D eigenvalue weighted by Crippen LogP contribution is 2.47. The van der Waals surface area contributed by atoms with Gasteiger partial charge in [0.25, 0.3) is 0 Å². The molecule has 5 N–H and O–H groups in total. The van der Waals surface area contributed by atoms with E-state index in [0.717, 1.165) is 12.5 Å². The standard InChI is InChI=1S/C24H31FN5O8P/c1-13(2)36-22(32)14(3)29-39(34,38-15-8-6-5-7-9-15)35-11-17-19(31)24(4,33)23(37-17)30-10-16(25)18-20(26)27-12-28-21(18)30/h5-10,12-14,17,19,23,31,33H,11H2,1-4H3,(H,29,34)(H2,26,27,28)/t14-,17?,19-,23+,24+,39?/m0/s1. The van der Waals surface area contributed by atoms with Gasteiger partial charge in [0.2, 0.25) is 0 Å². The second-order valence-electron chi connectivity index (χ2n) is 9.57. The number of carbonyl (C=O) groups excluding carboxylic acids is 1.